The molecular formula is C22H28Cl2SiZr. The number of allylic oxidation sites excluding steroid dienone is 4. The first-order chi connectivity index (χ1) is 11.3. The van der Waals surface area contributed by atoms with E-state index in [0.29, 0.717) is 0 Å². The Hall–Kier alpha value is -0.400. The Bertz CT molecular complexity index is 1010. The zero-order chi connectivity index (χ0) is 17.1. The molecule has 0 heterocycles. The molecule has 0 amide bonds. The zero-order valence-corrected chi connectivity index (χ0v) is 21.6. The van der Waals surface area contributed by atoms with Crippen LogP contribution in [0, 0.1) is 13.8 Å². The molecule has 0 aliphatic heterocycles. The third kappa shape index (κ3) is 3.28. The van der Waals surface area contributed by atoms with Crippen molar-refractivity contribution in [3.05, 3.63) is 74.1 Å². The predicted octanol–water partition coefficient (Wildman–Crippen LogP) is 5.52. The molecule has 4 heteroatoms. The zero-order valence-electron chi connectivity index (χ0n) is 16.1. The van der Waals surface area contributed by atoms with E-state index in [2.05, 4.69) is 78.6 Å². The molecule has 0 N–H and O–H groups in total. The normalized spacial score (nSPS) is 14.9. The Balaban J connectivity index is 0.00000121. The van der Waals surface area contributed by atoms with Crippen LogP contribution in [0.1, 0.15) is 28.7 Å². The largest absolute Gasteiger partial charge is 0.147 e. The van der Waals surface area contributed by atoms with Gasteiger partial charge in [0.1, 0.15) is 0 Å². The molecule has 2 aliphatic carbocycles. The molecule has 0 unspecified atom stereocenters. The number of aryl methyl sites for hydroxylation is 2. The fraction of sp³-hybridized carbons (Fsp3) is 0.273. The van der Waals surface area contributed by atoms with Crippen molar-refractivity contribution in [1.82, 2.24) is 0 Å². The van der Waals surface area contributed by atoms with Gasteiger partial charge in [0.05, 0.1) is 0 Å². The fourth-order valence-corrected chi connectivity index (χ4v) is 19.8. The Morgan fingerprint density at radius 2 is 1.65 bits per heavy atom. The van der Waals surface area contributed by atoms with Crippen LogP contribution in [0.5, 0.6) is 0 Å². The molecule has 4 rings (SSSR count). The van der Waals surface area contributed by atoms with Gasteiger partial charge in [-0.2, -0.15) is 0 Å². The van der Waals surface area contributed by atoms with Crippen molar-refractivity contribution in [2.75, 3.05) is 0 Å². The van der Waals surface area contributed by atoms with E-state index >= 15 is 0 Å². The molecule has 2 aromatic carbocycles. The molecule has 0 radical (unpaired) electrons. The molecule has 0 fully saturated rings. The minimum atomic E-state index is -3.11. The topological polar surface area (TPSA) is 0 Å². The van der Waals surface area contributed by atoms with Crippen LogP contribution < -0.4 is 3.27 Å². The van der Waals surface area contributed by atoms with Gasteiger partial charge >= 0.3 is 149 Å². The molecule has 0 atom stereocenters. The van der Waals surface area contributed by atoms with Gasteiger partial charge < -0.3 is 0 Å². The van der Waals surface area contributed by atoms with Crippen molar-refractivity contribution in [2.24, 2.45) is 0 Å². The van der Waals surface area contributed by atoms with Crippen LogP contribution in [-0.4, -0.2) is 6.88 Å². The standard InChI is InChI=1S/C15H13.C5H5.2CH3.2ClH.H2Si.Zr/c1-10-3-5-14-12(7-10)9-13-8-11(2)4-6-15(13)14;1-2-4-5-3-1;;;;;;/h3-7H,9H2,1-2H3;1-3H,4H2;2*1H3;2*1H;1H2;. The third-order valence-corrected chi connectivity index (χ3v) is 22.4. The maximum atomic E-state index is 2.63. The van der Waals surface area contributed by atoms with E-state index in [0.717, 1.165) is 12.8 Å². The molecule has 138 valence electrons. The van der Waals surface area contributed by atoms with E-state index in [9.17, 15) is 0 Å². The van der Waals surface area contributed by atoms with Crippen molar-refractivity contribution in [3.63, 3.8) is 0 Å². The Labute approximate surface area is 172 Å². The molecule has 0 bridgehead atoms. The number of rotatable bonds is 2. The van der Waals surface area contributed by atoms with Gasteiger partial charge in [0.2, 0.25) is 0 Å². The molecule has 26 heavy (non-hydrogen) atoms. The van der Waals surface area contributed by atoms with Crippen LogP contribution in [0.3, 0.4) is 0 Å². The monoisotopic (exact) mass is 480 g/mol. The number of hydrogen-bond donors (Lipinski definition) is 0. The van der Waals surface area contributed by atoms with Crippen LogP contribution in [0.4, 0.5) is 0 Å². The molecule has 0 nitrogen and oxygen atoms in total. The van der Waals surface area contributed by atoms with Crippen molar-refractivity contribution < 1.29 is 17.4 Å². The van der Waals surface area contributed by atoms with E-state index in [1.54, 1.807) is 12.1 Å². The summed E-state index contributed by atoms with van der Waals surface area (Å²) in [5, 5.41) is 0. The van der Waals surface area contributed by atoms with E-state index < -0.39 is 17.4 Å². The van der Waals surface area contributed by atoms with Gasteiger partial charge in [-0.1, -0.05) is 0 Å². The summed E-state index contributed by atoms with van der Waals surface area (Å²) in [5.41, 5.74) is 8.99. The minimum absolute atomic E-state index is 0. The van der Waals surface area contributed by atoms with E-state index in [1.165, 1.54) is 27.8 Å². The van der Waals surface area contributed by atoms with Crippen molar-refractivity contribution in [3.8, 4) is 11.1 Å². The van der Waals surface area contributed by atoms with Crippen LogP contribution in [0.15, 0.2) is 51.8 Å². The third-order valence-electron chi connectivity index (χ3n) is 6.04. The van der Waals surface area contributed by atoms with Gasteiger partial charge in [-0.3, -0.25) is 0 Å². The summed E-state index contributed by atoms with van der Waals surface area (Å²) in [4.78, 5) is 0. The first-order valence-electron chi connectivity index (χ1n) is 8.93. The van der Waals surface area contributed by atoms with E-state index in [4.69, 9.17) is 0 Å². The van der Waals surface area contributed by atoms with E-state index in [-0.39, 0.29) is 24.8 Å². The van der Waals surface area contributed by atoms with Gasteiger partial charge in [0.15, 0.2) is 0 Å². The van der Waals surface area contributed by atoms with Crippen LogP contribution in [-0.2, 0) is 23.8 Å². The average Bonchev–Trinajstić information content (AvgIpc) is 3.13. The maximum absolute atomic E-state index is 3.11. The Morgan fingerprint density at radius 1 is 0.962 bits per heavy atom. The van der Waals surface area contributed by atoms with Crippen LogP contribution in [0.25, 0.3) is 11.1 Å². The Morgan fingerprint density at radius 3 is 2.31 bits per heavy atom. The first kappa shape index (κ1) is 21.9. The summed E-state index contributed by atoms with van der Waals surface area (Å²) in [6.45, 7) is 6.90. The predicted molar refractivity (Wildman–Crippen MR) is 120 cm³/mol. The van der Waals surface area contributed by atoms with Gasteiger partial charge in [-0.05, 0) is 0 Å². The summed E-state index contributed by atoms with van der Waals surface area (Å²) in [6.07, 6.45) is 9.30. The van der Waals surface area contributed by atoms with Crippen molar-refractivity contribution in [2.45, 2.75) is 36.0 Å². The fourth-order valence-electron chi connectivity index (χ4n) is 4.84. The second kappa shape index (κ2) is 7.21. The smallest absolute Gasteiger partial charge is 0.147 e. The van der Waals surface area contributed by atoms with Gasteiger partial charge in [-0.25, -0.2) is 0 Å². The number of benzene rings is 2. The molecule has 0 saturated heterocycles. The molecular weight excluding hydrogens is 454 g/mol. The SMILES string of the molecule is Cc1ccc2c(c1)Cc1c-2ccc(C)[c]1[Zr]([CH3])([CH3])(=[SiH2])[C]1=CC=CC1.Cl.Cl. The first-order valence-corrected chi connectivity index (χ1v) is 22.2. The Kier molecular flexibility index (Phi) is 6.07. The van der Waals surface area contributed by atoms with Gasteiger partial charge in [0.25, 0.3) is 0 Å². The summed E-state index contributed by atoms with van der Waals surface area (Å²) in [5.74, 6) is 0. The molecule has 2 aliphatic rings. The second-order valence-corrected chi connectivity index (χ2v) is 37.2. The summed E-state index contributed by atoms with van der Waals surface area (Å²) < 4.78 is 8.75. The molecule has 0 spiro atoms. The second-order valence-electron chi connectivity index (χ2n) is 8.63. The van der Waals surface area contributed by atoms with E-state index in [1.807, 2.05) is 0 Å². The molecule has 2 aromatic rings. The van der Waals surface area contributed by atoms with Crippen molar-refractivity contribution in [1.29, 1.82) is 0 Å². The summed E-state index contributed by atoms with van der Waals surface area (Å²) in [6, 6.07) is 11.7. The maximum Gasteiger partial charge on any atom is -0.147 e. The quantitative estimate of drug-likeness (QED) is 0.422. The van der Waals surface area contributed by atoms with Gasteiger partial charge in [0, 0.05) is 0 Å². The van der Waals surface area contributed by atoms with Crippen molar-refractivity contribution >= 4 is 35.0 Å². The average molecular weight is 483 g/mol. The van der Waals surface area contributed by atoms with Gasteiger partial charge in [-0.15, -0.1) is 24.8 Å². The number of fused-ring (bicyclic) bond motifs is 3. The molecule has 0 saturated carbocycles. The molecule has 0 aromatic heterocycles. The number of hydrogen-bond acceptors (Lipinski definition) is 0. The van der Waals surface area contributed by atoms with Crippen LogP contribution in [0.2, 0.25) is 9.26 Å². The minimum Gasteiger partial charge on any atom is -0.147 e. The van der Waals surface area contributed by atoms with Crippen LogP contribution >= 0.6 is 24.8 Å². The summed E-state index contributed by atoms with van der Waals surface area (Å²) >= 11 is -3.11. The number of halogens is 2. The summed E-state index contributed by atoms with van der Waals surface area (Å²) in [7, 11) is 0.